The molecule has 1 aliphatic carbocycles. The Morgan fingerprint density at radius 1 is 1.31 bits per heavy atom. The molecule has 1 unspecified atom stereocenters. The van der Waals surface area contributed by atoms with Crippen molar-refractivity contribution in [2.24, 2.45) is 5.41 Å². The smallest absolute Gasteiger partial charge is 0.383 e. The first kappa shape index (κ1) is 18.7. The van der Waals surface area contributed by atoms with Crippen molar-refractivity contribution in [1.82, 2.24) is 24.7 Å². The van der Waals surface area contributed by atoms with E-state index in [9.17, 15) is 18.3 Å². The Bertz CT molecular complexity index is 884. The fourth-order valence-corrected chi connectivity index (χ4v) is 3.35. The van der Waals surface area contributed by atoms with Gasteiger partial charge < -0.3 is 5.11 Å². The van der Waals surface area contributed by atoms with Crippen molar-refractivity contribution >= 4 is 18.3 Å². The topological polar surface area (TPSA) is 79.6 Å². The molecule has 0 aromatic carbocycles. The molecule has 2 aromatic heterocycles. The third kappa shape index (κ3) is 3.30. The number of rotatable bonds is 3. The second-order valence-corrected chi connectivity index (χ2v) is 7.37. The van der Waals surface area contributed by atoms with Crippen LogP contribution in [0, 0.1) is 10.2 Å². The number of nitrogens with zero attached hydrogens (tertiary/aromatic N) is 4. The number of alkyl halides is 3. The minimum absolute atomic E-state index is 0.173. The molecule has 1 aliphatic rings. The highest BCUT2D eigenvalue weighted by Crippen LogP contribution is 2.50. The number of aliphatic hydroxyl groups is 1. The van der Waals surface area contributed by atoms with Gasteiger partial charge >= 0.3 is 6.18 Å². The number of halogens is 3. The summed E-state index contributed by atoms with van der Waals surface area (Å²) >= 11 is 5.13. The number of nitrogens with one attached hydrogen (secondary N) is 1. The highest BCUT2D eigenvalue weighted by Gasteiger charge is 2.51. The van der Waals surface area contributed by atoms with Gasteiger partial charge in [0.05, 0.1) is 6.54 Å². The molecule has 3 rings (SSSR count). The van der Waals surface area contributed by atoms with Gasteiger partial charge in [-0.3, -0.25) is 9.78 Å². The van der Waals surface area contributed by atoms with Crippen LogP contribution in [0.15, 0.2) is 24.3 Å². The molecule has 0 bridgehead atoms. The van der Waals surface area contributed by atoms with Gasteiger partial charge in [0.2, 0.25) is 10.6 Å². The van der Waals surface area contributed by atoms with Crippen LogP contribution in [0.1, 0.15) is 38.1 Å². The maximum absolute atomic E-state index is 12.6. The number of hydrogen-bond acceptors (Lipinski definition) is 5. The lowest BCUT2D eigenvalue weighted by atomic mass is 9.76. The third-order valence-corrected chi connectivity index (χ3v) is 5.27. The summed E-state index contributed by atoms with van der Waals surface area (Å²) in [7, 11) is 0. The SMILES string of the molecule is CC1(C)CC/C(=C\c2cnc(C(F)(F)F)nc2)C1(O)Cn1[nH]cnc1=S. The molecule has 0 amide bonds. The molecular weight excluding hydrogens is 367 g/mol. The minimum atomic E-state index is -4.58. The Kier molecular flexibility index (Phi) is 4.51. The maximum Gasteiger partial charge on any atom is 0.451 e. The van der Waals surface area contributed by atoms with Crippen molar-refractivity contribution < 1.29 is 18.3 Å². The van der Waals surface area contributed by atoms with Crippen LogP contribution in [0.3, 0.4) is 0 Å². The molecule has 1 atom stereocenters. The Labute approximate surface area is 152 Å². The van der Waals surface area contributed by atoms with Gasteiger partial charge in [0, 0.05) is 18.0 Å². The first-order chi connectivity index (χ1) is 12.0. The number of aromatic nitrogens is 5. The van der Waals surface area contributed by atoms with Gasteiger partial charge in [-0.25, -0.2) is 15.0 Å². The fourth-order valence-electron chi connectivity index (χ4n) is 3.18. The maximum atomic E-state index is 12.6. The summed E-state index contributed by atoms with van der Waals surface area (Å²) in [6, 6.07) is 0. The minimum Gasteiger partial charge on any atom is -0.383 e. The quantitative estimate of drug-likeness (QED) is 0.792. The van der Waals surface area contributed by atoms with Gasteiger partial charge in [-0.2, -0.15) is 13.2 Å². The second kappa shape index (κ2) is 6.27. The normalized spacial score (nSPS) is 24.3. The van der Waals surface area contributed by atoms with E-state index in [-0.39, 0.29) is 6.54 Å². The van der Waals surface area contributed by atoms with Crippen molar-refractivity contribution in [1.29, 1.82) is 0 Å². The Balaban J connectivity index is 1.96. The molecule has 2 heterocycles. The lowest BCUT2D eigenvalue weighted by molar-refractivity contribution is -0.145. The zero-order valence-electron chi connectivity index (χ0n) is 14.2. The number of aromatic amines is 1. The fraction of sp³-hybridized carbons (Fsp3) is 0.500. The first-order valence-electron chi connectivity index (χ1n) is 7.96. The van der Waals surface area contributed by atoms with E-state index in [1.807, 2.05) is 13.8 Å². The van der Waals surface area contributed by atoms with Crippen LogP contribution < -0.4 is 0 Å². The van der Waals surface area contributed by atoms with Gasteiger partial charge in [-0.05, 0) is 42.1 Å². The van der Waals surface area contributed by atoms with Crippen LogP contribution in [0.4, 0.5) is 13.2 Å². The Hall–Kier alpha value is -2.07. The molecule has 6 nitrogen and oxygen atoms in total. The van der Waals surface area contributed by atoms with Gasteiger partial charge in [0.25, 0.3) is 0 Å². The zero-order valence-corrected chi connectivity index (χ0v) is 15.0. The summed E-state index contributed by atoms with van der Waals surface area (Å²) in [6.07, 6.45) is 2.05. The van der Waals surface area contributed by atoms with Crippen LogP contribution in [0.25, 0.3) is 6.08 Å². The largest absolute Gasteiger partial charge is 0.451 e. The van der Waals surface area contributed by atoms with Crippen molar-refractivity contribution in [3.63, 3.8) is 0 Å². The summed E-state index contributed by atoms with van der Waals surface area (Å²) in [5, 5.41) is 14.3. The summed E-state index contributed by atoms with van der Waals surface area (Å²) in [4.78, 5) is 10.7. The molecule has 1 fully saturated rings. The molecule has 2 aromatic rings. The van der Waals surface area contributed by atoms with Crippen molar-refractivity contribution in [3.05, 3.63) is 40.5 Å². The van der Waals surface area contributed by atoms with E-state index in [0.29, 0.717) is 22.3 Å². The van der Waals surface area contributed by atoms with Crippen LogP contribution in [0.2, 0.25) is 0 Å². The summed E-state index contributed by atoms with van der Waals surface area (Å²) in [5.41, 5.74) is -0.592. The van der Waals surface area contributed by atoms with E-state index in [1.54, 1.807) is 10.8 Å². The van der Waals surface area contributed by atoms with E-state index in [2.05, 4.69) is 20.1 Å². The summed E-state index contributed by atoms with van der Waals surface area (Å²) in [5.74, 6) is -1.19. The van der Waals surface area contributed by atoms with Crippen LogP contribution >= 0.6 is 12.2 Å². The predicted molar refractivity (Wildman–Crippen MR) is 90.4 cm³/mol. The molecular formula is C16H18F3N5OS. The Morgan fingerprint density at radius 2 is 1.96 bits per heavy atom. The number of H-pyrrole nitrogens is 1. The first-order valence-corrected chi connectivity index (χ1v) is 8.37. The molecule has 0 aliphatic heterocycles. The monoisotopic (exact) mass is 385 g/mol. The van der Waals surface area contributed by atoms with E-state index in [1.165, 1.54) is 6.33 Å². The third-order valence-electron chi connectivity index (χ3n) is 4.94. The van der Waals surface area contributed by atoms with E-state index >= 15 is 0 Å². The molecule has 0 spiro atoms. The van der Waals surface area contributed by atoms with Gasteiger partial charge in [0.15, 0.2) is 0 Å². The molecule has 26 heavy (non-hydrogen) atoms. The summed E-state index contributed by atoms with van der Waals surface area (Å²) < 4.78 is 39.7. The van der Waals surface area contributed by atoms with Crippen molar-refractivity contribution in [2.75, 3.05) is 0 Å². The standard InChI is InChI=1S/C16H18F3N5OS/c1-14(2)4-3-11(15(14,25)8-24-13(26)22-9-23-24)5-10-6-20-12(21-7-10)16(17,18)19/h5-7,9,25H,3-4,8H2,1-2H3,(H,22,23,26)/b11-5+. The van der Waals surface area contributed by atoms with Crippen molar-refractivity contribution in [3.8, 4) is 0 Å². The molecule has 10 heteroatoms. The Morgan fingerprint density at radius 3 is 2.50 bits per heavy atom. The van der Waals surface area contributed by atoms with Crippen LogP contribution in [-0.2, 0) is 12.7 Å². The van der Waals surface area contributed by atoms with E-state index in [0.717, 1.165) is 18.8 Å². The molecule has 0 saturated heterocycles. The molecule has 140 valence electrons. The second-order valence-electron chi connectivity index (χ2n) is 7.01. The zero-order chi connectivity index (χ0) is 19.2. The lowest BCUT2D eigenvalue weighted by Gasteiger charge is -2.37. The summed E-state index contributed by atoms with van der Waals surface area (Å²) in [6.45, 7) is 4.06. The molecule has 2 N–H and O–H groups in total. The molecule has 0 radical (unpaired) electrons. The van der Waals surface area contributed by atoms with Crippen LogP contribution in [-0.4, -0.2) is 35.4 Å². The van der Waals surface area contributed by atoms with Crippen LogP contribution in [0.5, 0.6) is 0 Å². The van der Waals surface area contributed by atoms with Gasteiger partial charge in [0.1, 0.15) is 11.9 Å². The predicted octanol–water partition coefficient (Wildman–Crippen LogP) is 3.38. The average Bonchev–Trinajstić information content (AvgIpc) is 3.04. The van der Waals surface area contributed by atoms with E-state index in [4.69, 9.17) is 12.2 Å². The van der Waals surface area contributed by atoms with Gasteiger partial charge in [-0.1, -0.05) is 13.8 Å². The highest BCUT2D eigenvalue weighted by molar-refractivity contribution is 7.71. The van der Waals surface area contributed by atoms with E-state index < -0.39 is 23.0 Å². The van der Waals surface area contributed by atoms with Crippen molar-refractivity contribution in [2.45, 2.75) is 45.0 Å². The average molecular weight is 385 g/mol. The lowest BCUT2D eigenvalue weighted by Crippen LogP contribution is -2.45. The highest BCUT2D eigenvalue weighted by atomic mass is 32.1. The van der Waals surface area contributed by atoms with Gasteiger partial charge in [-0.15, -0.1) is 0 Å². The number of hydrogen-bond donors (Lipinski definition) is 2. The molecule has 1 saturated carbocycles.